The van der Waals surface area contributed by atoms with E-state index < -0.39 is 5.97 Å². The maximum Gasteiger partial charge on any atom is 0.337 e. The van der Waals surface area contributed by atoms with Gasteiger partial charge in [0.05, 0.1) is 35.6 Å². The molecule has 1 aromatic heterocycles. The number of carbonyl (C=O) groups excluding carboxylic acids is 3. The van der Waals surface area contributed by atoms with E-state index in [2.05, 4.69) is 32.1 Å². The zero-order valence-electron chi connectivity index (χ0n) is 18.3. The lowest BCUT2D eigenvalue weighted by molar-refractivity contribution is -0.113. The summed E-state index contributed by atoms with van der Waals surface area (Å²) in [6, 6.07) is 13.1. The Hall–Kier alpha value is -3.63. The molecule has 0 saturated heterocycles. The molecule has 176 valence electrons. The second-order valence-electron chi connectivity index (χ2n) is 6.87. The summed E-state index contributed by atoms with van der Waals surface area (Å²) in [7, 11) is 1.30. The van der Waals surface area contributed by atoms with Gasteiger partial charge in [-0.05, 0) is 36.4 Å². The Labute approximate surface area is 205 Å². The fourth-order valence-corrected chi connectivity index (χ4v) is 3.89. The van der Waals surface area contributed by atoms with Crippen LogP contribution in [0.5, 0.6) is 0 Å². The number of nitrogens with one attached hydrogen (secondary N) is 2. The van der Waals surface area contributed by atoms with Gasteiger partial charge in [0.2, 0.25) is 5.91 Å². The van der Waals surface area contributed by atoms with Crippen LogP contribution in [0.25, 0.3) is 0 Å². The summed E-state index contributed by atoms with van der Waals surface area (Å²) < 4.78 is 6.42. The molecule has 2 amide bonds. The minimum atomic E-state index is -0.450. The second-order valence-corrected chi connectivity index (χ2v) is 8.22. The van der Waals surface area contributed by atoms with Crippen molar-refractivity contribution in [2.24, 2.45) is 0 Å². The number of benzene rings is 2. The highest BCUT2D eigenvalue weighted by atomic mass is 35.5. The van der Waals surface area contributed by atoms with Crippen LogP contribution in [0.2, 0.25) is 5.02 Å². The van der Waals surface area contributed by atoms with E-state index in [9.17, 15) is 14.4 Å². The minimum Gasteiger partial charge on any atom is -0.465 e. The van der Waals surface area contributed by atoms with Crippen molar-refractivity contribution in [3.05, 3.63) is 83.2 Å². The van der Waals surface area contributed by atoms with Crippen LogP contribution < -0.4 is 10.6 Å². The smallest absolute Gasteiger partial charge is 0.337 e. The topological polar surface area (TPSA) is 115 Å². The van der Waals surface area contributed by atoms with Crippen molar-refractivity contribution < 1.29 is 19.1 Å². The SMILES string of the molecule is C=CCn1c(CNC(=O)c2ccccc2Cl)nnc1SCC(=O)Nc1ccc(C(=O)OC)cc1. The van der Waals surface area contributed by atoms with Gasteiger partial charge in [-0.1, -0.05) is 41.6 Å². The zero-order chi connectivity index (χ0) is 24.5. The Morgan fingerprint density at radius 3 is 2.56 bits per heavy atom. The second kappa shape index (κ2) is 12.0. The third kappa shape index (κ3) is 6.46. The number of esters is 1. The van der Waals surface area contributed by atoms with Crippen molar-refractivity contribution in [2.45, 2.75) is 18.2 Å². The molecule has 34 heavy (non-hydrogen) atoms. The van der Waals surface area contributed by atoms with Gasteiger partial charge in [-0.2, -0.15) is 0 Å². The van der Waals surface area contributed by atoms with Crippen LogP contribution in [0.15, 0.2) is 66.3 Å². The number of carbonyl (C=O) groups is 3. The molecule has 0 aliphatic rings. The summed E-state index contributed by atoms with van der Waals surface area (Å²) in [4.78, 5) is 36.3. The van der Waals surface area contributed by atoms with Crippen molar-refractivity contribution in [2.75, 3.05) is 18.2 Å². The predicted octanol–water partition coefficient (Wildman–Crippen LogP) is 3.56. The van der Waals surface area contributed by atoms with Crippen LogP contribution >= 0.6 is 23.4 Å². The first kappa shape index (κ1) is 25.0. The fourth-order valence-electron chi connectivity index (χ4n) is 2.90. The number of anilines is 1. The van der Waals surface area contributed by atoms with Crippen molar-refractivity contribution in [3.8, 4) is 0 Å². The minimum absolute atomic E-state index is 0.0833. The number of ether oxygens (including phenoxy) is 1. The largest absolute Gasteiger partial charge is 0.465 e. The summed E-state index contributed by atoms with van der Waals surface area (Å²) in [5.74, 6) is -0.432. The van der Waals surface area contributed by atoms with Gasteiger partial charge < -0.3 is 19.9 Å². The normalized spacial score (nSPS) is 10.4. The highest BCUT2D eigenvalue weighted by Crippen LogP contribution is 2.19. The number of allylic oxidation sites excluding steroid dienone is 1. The third-order valence-corrected chi connectivity index (χ3v) is 5.85. The average Bonchev–Trinajstić information content (AvgIpc) is 3.23. The first-order valence-electron chi connectivity index (χ1n) is 10.1. The molecule has 0 unspecified atom stereocenters. The summed E-state index contributed by atoms with van der Waals surface area (Å²) in [6.45, 7) is 4.28. The number of aromatic nitrogens is 3. The van der Waals surface area contributed by atoms with Crippen LogP contribution in [-0.4, -0.2) is 45.4 Å². The molecule has 0 atom stereocenters. The maximum absolute atomic E-state index is 12.4. The van der Waals surface area contributed by atoms with E-state index in [1.165, 1.54) is 18.9 Å². The van der Waals surface area contributed by atoms with Crippen LogP contribution in [0.4, 0.5) is 5.69 Å². The summed E-state index contributed by atoms with van der Waals surface area (Å²) in [6.07, 6.45) is 1.68. The zero-order valence-corrected chi connectivity index (χ0v) is 19.9. The molecule has 9 nitrogen and oxygen atoms in total. The van der Waals surface area contributed by atoms with E-state index in [0.29, 0.717) is 39.4 Å². The highest BCUT2D eigenvalue weighted by molar-refractivity contribution is 7.99. The van der Waals surface area contributed by atoms with Crippen LogP contribution in [0.3, 0.4) is 0 Å². The first-order chi connectivity index (χ1) is 16.4. The molecule has 2 N–H and O–H groups in total. The molecular formula is C23H22ClN5O4S. The number of amides is 2. The number of methoxy groups -OCH3 is 1. The number of halogens is 1. The molecule has 0 radical (unpaired) electrons. The van der Waals surface area contributed by atoms with Gasteiger partial charge in [0, 0.05) is 12.2 Å². The summed E-state index contributed by atoms with van der Waals surface area (Å²) >= 11 is 7.28. The summed E-state index contributed by atoms with van der Waals surface area (Å²) in [5, 5.41) is 14.7. The van der Waals surface area contributed by atoms with Gasteiger partial charge in [0.25, 0.3) is 5.91 Å². The van der Waals surface area contributed by atoms with E-state index in [0.717, 1.165) is 0 Å². The number of rotatable bonds is 10. The van der Waals surface area contributed by atoms with Gasteiger partial charge in [0.15, 0.2) is 11.0 Å². The van der Waals surface area contributed by atoms with Gasteiger partial charge >= 0.3 is 5.97 Å². The van der Waals surface area contributed by atoms with Crippen molar-refractivity contribution in [3.63, 3.8) is 0 Å². The molecule has 3 rings (SSSR count). The van der Waals surface area contributed by atoms with E-state index >= 15 is 0 Å². The molecule has 0 saturated carbocycles. The van der Waals surface area contributed by atoms with Crippen molar-refractivity contribution >= 4 is 46.8 Å². The Morgan fingerprint density at radius 2 is 1.88 bits per heavy atom. The molecule has 0 spiro atoms. The number of hydrogen-bond donors (Lipinski definition) is 2. The lowest BCUT2D eigenvalue weighted by atomic mass is 10.2. The van der Waals surface area contributed by atoms with Gasteiger partial charge in [0.1, 0.15) is 0 Å². The predicted molar refractivity (Wildman–Crippen MR) is 130 cm³/mol. The Kier molecular flexibility index (Phi) is 8.83. The summed E-state index contributed by atoms with van der Waals surface area (Å²) in [5.41, 5.74) is 1.31. The fraction of sp³-hybridized carbons (Fsp3) is 0.174. The van der Waals surface area contributed by atoms with Crippen molar-refractivity contribution in [1.29, 1.82) is 0 Å². The van der Waals surface area contributed by atoms with Crippen molar-refractivity contribution in [1.82, 2.24) is 20.1 Å². The Balaban J connectivity index is 1.59. The molecule has 0 bridgehead atoms. The van der Waals surface area contributed by atoms with E-state index in [-0.39, 0.29) is 24.1 Å². The molecule has 11 heteroatoms. The third-order valence-electron chi connectivity index (χ3n) is 4.55. The van der Waals surface area contributed by atoms with Gasteiger partial charge in [-0.3, -0.25) is 9.59 Å². The molecular weight excluding hydrogens is 478 g/mol. The quantitative estimate of drug-likeness (QED) is 0.249. The Bertz CT molecular complexity index is 1200. The lowest BCUT2D eigenvalue weighted by Crippen LogP contribution is -2.25. The van der Waals surface area contributed by atoms with Gasteiger partial charge in [-0.15, -0.1) is 16.8 Å². The first-order valence-corrected chi connectivity index (χ1v) is 11.5. The molecule has 2 aromatic carbocycles. The molecule has 1 heterocycles. The van der Waals surface area contributed by atoms with E-state index in [1.807, 2.05) is 0 Å². The average molecular weight is 500 g/mol. The van der Waals surface area contributed by atoms with Crippen LogP contribution in [0.1, 0.15) is 26.5 Å². The van der Waals surface area contributed by atoms with E-state index in [1.54, 1.807) is 59.2 Å². The molecule has 0 aliphatic carbocycles. The molecule has 3 aromatic rings. The molecule has 0 aliphatic heterocycles. The van der Waals surface area contributed by atoms with Crippen LogP contribution in [0, 0.1) is 0 Å². The van der Waals surface area contributed by atoms with Crippen LogP contribution in [-0.2, 0) is 22.6 Å². The Morgan fingerprint density at radius 1 is 1.15 bits per heavy atom. The number of nitrogens with zero attached hydrogens (tertiary/aromatic N) is 3. The number of hydrogen-bond acceptors (Lipinski definition) is 7. The molecule has 0 fully saturated rings. The van der Waals surface area contributed by atoms with Gasteiger partial charge in [-0.25, -0.2) is 4.79 Å². The monoisotopic (exact) mass is 499 g/mol. The lowest BCUT2D eigenvalue weighted by Gasteiger charge is -2.10. The number of thioether (sulfide) groups is 1. The standard InChI is InChI=1S/C23H22ClN5O4S/c1-3-12-29-19(13-25-21(31)17-6-4-5-7-18(17)24)27-28-23(29)34-14-20(30)26-16-10-8-15(9-11-16)22(32)33-2/h3-11H,1,12-14H2,2H3,(H,25,31)(H,26,30). The maximum atomic E-state index is 12.4. The van der Waals surface area contributed by atoms with E-state index in [4.69, 9.17) is 11.6 Å². The highest BCUT2D eigenvalue weighted by Gasteiger charge is 2.16.